The summed E-state index contributed by atoms with van der Waals surface area (Å²) in [4.78, 5) is 24.7. The number of rotatable bonds is 13. The lowest BCUT2D eigenvalue weighted by atomic mass is 10.1. The summed E-state index contributed by atoms with van der Waals surface area (Å²) >= 11 is 0. The smallest absolute Gasteiger partial charge is 0.314 e. The first-order valence-corrected chi connectivity index (χ1v) is 7.73. The van der Waals surface area contributed by atoms with E-state index in [-0.39, 0.29) is 6.03 Å². The molecule has 0 saturated heterocycles. The van der Waals surface area contributed by atoms with Gasteiger partial charge in [0.25, 0.3) is 0 Å². The van der Waals surface area contributed by atoms with Crippen molar-refractivity contribution in [2.75, 3.05) is 19.6 Å². The monoisotopic (exact) mass is 294 g/mol. The number of nitrogens with one attached hydrogen (secondary N) is 2. The molecule has 0 aromatic rings. The number of nitrogens with zero attached hydrogens (tertiary/aromatic N) is 2. The van der Waals surface area contributed by atoms with Crippen molar-refractivity contribution in [1.82, 2.24) is 10.6 Å². The van der Waals surface area contributed by atoms with Crippen LogP contribution in [0.3, 0.4) is 0 Å². The maximum absolute atomic E-state index is 11.4. The molecule has 0 saturated carbocycles. The summed E-state index contributed by atoms with van der Waals surface area (Å²) in [6.45, 7) is 1.90. The van der Waals surface area contributed by atoms with Crippen LogP contribution in [-0.4, -0.2) is 31.7 Å². The van der Waals surface area contributed by atoms with Crippen LogP contribution in [0.25, 0.3) is 0 Å². The lowest BCUT2D eigenvalue weighted by Gasteiger charge is -2.07. The number of hydrogen-bond acceptors (Lipinski definition) is 4. The molecule has 0 bridgehead atoms. The molecular formula is C15H26N4O2. The number of urea groups is 1. The van der Waals surface area contributed by atoms with Gasteiger partial charge in [-0.15, -0.1) is 0 Å². The Bertz CT molecular complexity index is 346. The number of unbranched alkanes of at least 4 members (excludes halogenated alkanes) is 7. The van der Waals surface area contributed by atoms with Gasteiger partial charge in [-0.3, -0.25) is 0 Å². The molecule has 6 nitrogen and oxygen atoms in total. The lowest BCUT2D eigenvalue weighted by Crippen LogP contribution is -2.36. The second-order valence-electron chi connectivity index (χ2n) is 4.89. The average molecular weight is 294 g/mol. The van der Waals surface area contributed by atoms with Gasteiger partial charge in [-0.1, -0.05) is 25.7 Å². The highest BCUT2D eigenvalue weighted by atomic mass is 16.2. The molecule has 0 aromatic carbocycles. The molecule has 0 aliphatic rings. The van der Waals surface area contributed by atoms with E-state index in [1.807, 2.05) is 0 Å². The molecule has 0 heterocycles. The molecule has 0 unspecified atom stereocenters. The Morgan fingerprint density at radius 2 is 1.48 bits per heavy atom. The van der Waals surface area contributed by atoms with Gasteiger partial charge in [-0.2, -0.15) is 5.26 Å². The van der Waals surface area contributed by atoms with Crippen molar-refractivity contribution < 1.29 is 9.59 Å². The third-order valence-electron chi connectivity index (χ3n) is 3.05. The predicted molar refractivity (Wildman–Crippen MR) is 81.6 cm³/mol. The van der Waals surface area contributed by atoms with Crippen molar-refractivity contribution >= 4 is 12.1 Å². The molecule has 0 rings (SSSR count). The number of nitriles is 1. The highest BCUT2D eigenvalue weighted by Gasteiger charge is 1.98. The Balaban J connectivity index is 3.20. The van der Waals surface area contributed by atoms with Gasteiger partial charge in [0.05, 0.1) is 12.6 Å². The van der Waals surface area contributed by atoms with E-state index in [1.165, 1.54) is 6.08 Å². The van der Waals surface area contributed by atoms with Gasteiger partial charge >= 0.3 is 6.03 Å². The highest BCUT2D eigenvalue weighted by Crippen LogP contribution is 2.01. The van der Waals surface area contributed by atoms with Crippen molar-refractivity contribution in [3.63, 3.8) is 0 Å². The van der Waals surface area contributed by atoms with E-state index in [0.717, 1.165) is 51.4 Å². The van der Waals surface area contributed by atoms with Crippen molar-refractivity contribution in [2.45, 2.75) is 57.8 Å². The van der Waals surface area contributed by atoms with Crippen molar-refractivity contribution in [3.8, 4) is 6.07 Å². The highest BCUT2D eigenvalue weighted by molar-refractivity contribution is 5.73. The number of carbonyl (C=O) groups excluding carboxylic acids is 2. The van der Waals surface area contributed by atoms with Gasteiger partial charge in [0, 0.05) is 19.5 Å². The lowest BCUT2D eigenvalue weighted by molar-refractivity contribution is 0.240. The molecule has 118 valence electrons. The van der Waals surface area contributed by atoms with Crippen molar-refractivity contribution in [2.24, 2.45) is 4.99 Å². The summed E-state index contributed by atoms with van der Waals surface area (Å²) < 4.78 is 0. The minimum Gasteiger partial charge on any atom is -0.338 e. The molecular weight excluding hydrogens is 268 g/mol. The normalized spacial score (nSPS) is 9.48. The Morgan fingerprint density at radius 1 is 0.905 bits per heavy atom. The molecule has 0 atom stereocenters. The van der Waals surface area contributed by atoms with E-state index in [2.05, 4.69) is 21.7 Å². The van der Waals surface area contributed by atoms with E-state index in [0.29, 0.717) is 26.1 Å². The number of isocyanates is 1. The fourth-order valence-electron chi connectivity index (χ4n) is 1.86. The quantitative estimate of drug-likeness (QED) is 0.310. The molecule has 6 heteroatoms. The maximum atomic E-state index is 11.4. The largest absolute Gasteiger partial charge is 0.338 e. The third-order valence-corrected chi connectivity index (χ3v) is 3.05. The standard InChI is InChI=1S/C15H26N4O2/c16-10-6-2-1-3-8-12-18-15(21)19-13-9-5-4-7-11-17-14-20/h1-9,11-13H2,(H2,18,19,21). The van der Waals surface area contributed by atoms with Crippen molar-refractivity contribution in [3.05, 3.63) is 0 Å². The van der Waals surface area contributed by atoms with E-state index in [1.54, 1.807) is 0 Å². The summed E-state index contributed by atoms with van der Waals surface area (Å²) in [6, 6.07) is 2.01. The van der Waals surface area contributed by atoms with Gasteiger partial charge in [-0.25, -0.2) is 14.6 Å². The summed E-state index contributed by atoms with van der Waals surface area (Å²) in [5, 5.41) is 14.0. The Morgan fingerprint density at radius 3 is 2.05 bits per heavy atom. The second-order valence-corrected chi connectivity index (χ2v) is 4.89. The Labute approximate surface area is 127 Å². The molecule has 0 aromatic heterocycles. The average Bonchev–Trinajstić information content (AvgIpc) is 2.49. The first kappa shape index (κ1) is 19.1. The topological polar surface area (TPSA) is 94.3 Å². The summed E-state index contributed by atoms with van der Waals surface area (Å²) in [5.74, 6) is 0. The van der Waals surface area contributed by atoms with Crippen LogP contribution in [0.1, 0.15) is 57.8 Å². The summed E-state index contributed by atoms with van der Waals surface area (Å²) in [7, 11) is 0. The SMILES string of the molecule is N#CCCCCCCNC(=O)NCCCCCCN=C=O. The van der Waals surface area contributed by atoms with Gasteiger partial charge in [0.15, 0.2) is 0 Å². The van der Waals surface area contributed by atoms with Gasteiger partial charge in [0.1, 0.15) is 0 Å². The first-order valence-electron chi connectivity index (χ1n) is 7.73. The number of carbonyl (C=O) groups is 1. The van der Waals surface area contributed by atoms with Crippen molar-refractivity contribution in [1.29, 1.82) is 5.26 Å². The molecule has 0 fully saturated rings. The van der Waals surface area contributed by atoms with Crippen LogP contribution in [0, 0.1) is 11.3 Å². The van der Waals surface area contributed by atoms with Crippen LogP contribution in [-0.2, 0) is 4.79 Å². The van der Waals surface area contributed by atoms with Gasteiger partial charge in [-0.05, 0) is 25.7 Å². The zero-order valence-electron chi connectivity index (χ0n) is 12.7. The van der Waals surface area contributed by atoms with Crippen LogP contribution >= 0.6 is 0 Å². The second kappa shape index (κ2) is 16.2. The molecule has 21 heavy (non-hydrogen) atoms. The Kier molecular flexibility index (Phi) is 14.8. The van der Waals surface area contributed by atoms with Crippen LogP contribution in [0.2, 0.25) is 0 Å². The van der Waals surface area contributed by atoms with Crippen LogP contribution in [0.4, 0.5) is 4.79 Å². The molecule has 0 aliphatic heterocycles. The van der Waals surface area contributed by atoms with E-state index in [9.17, 15) is 9.59 Å². The summed E-state index contributed by atoms with van der Waals surface area (Å²) in [5.41, 5.74) is 0. The number of aliphatic imine (C=N–C) groups is 1. The Hall–Kier alpha value is -1.86. The number of amides is 2. The molecule has 2 amide bonds. The third kappa shape index (κ3) is 16.1. The fraction of sp³-hybridized carbons (Fsp3) is 0.800. The van der Waals surface area contributed by atoms with E-state index < -0.39 is 0 Å². The summed E-state index contributed by atoms with van der Waals surface area (Å²) in [6.07, 6.45) is 10.00. The van der Waals surface area contributed by atoms with E-state index in [4.69, 9.17) is 5.26 Å². The maximum Gasteiger partial charge on any atom is 0.314 e. The molecule has 0 spiro atoms. The minimum atomic E-state index is -0.113. The minimum absolute atomic E-state index is 0.113. The van der Waals surface area contributed by atoms with Gasteiger partial charge in [0.2, 0.25) is 6.08 Å². The predicted octanol–water partition coefficient (Wildman–Crippen LogP) is 2.66. The number of hydrogen-bond donors (Lipinski definition) is 2. The zero-order chi connectivity index (χ0) is 15.6. The van der Waals surface area contributed by atoms with Crippen LogP contribution < -0.4 is 10.6 Å². The van der Waals surface area contributed by atoms with Crippen LogP contribution in [0.5, 0.6) is 0 Å². The molecule has 0 radical (unpaired) electrons. The zero-order valence-corrected chi connectivity index (χ0v) is 12.7. The van der Waals surface area contributed by atoms with E-state index >= 15 is 0 Å². The van der Waals surface area contributed by atoms with Gasteiger partial charge < -0.3 is 10.6 Å². The van der Waals surface area contributed by atoms with Crippen LogP contribution in [0.15, 0.2) is 4.99 Å². The first-order chi connectivity index (χ1) is 10.3. The molecule has 0 aliphatic carbocycles. The molecule has 2 N–H and O–H groups in total. The fourth-order valence-corrected chi connectivity index (χ4v) is 1.86.